The molecule has 14 aromatic rings. The number of fused-ring (bicyclic) bond motifs is 9. The smallest absolute Gasteiger partial charge is 0.164 e. The summed E-state index contributed by atoms with van der Waals surface area (Å²) in [4.78, 5) is 15.5. The first kappa shape index (κ1) is 38.8. The highest BCUT2D eigenvalue weighted by Gasteiger charge is 2.20. The third kappa shape index (κ3) is 6.45. The molecule has 14 rings (SSSR count). The zero-order valence-corrected chi connectivity index (χ0v) is 37.0. The highest BCUT2D eigenvalue weighted by Crippen LogP contribution is 2.41. The van der Waals surface area contributed by atoms with Crippen LogP contribution in [0.5, 0.6) is 0 Å². The van der Waals surface area contributed by atoms with Crippen molar-refractivity contribution in [2.45, 2.75) is 0 Å². The SMILES string of the molecule is c1ccc(-c2nc(-c3ccc(-c4cccc5c4oc4ccccc45)cc3)nc(-c3cccc4oc5ccc(-c6cccc(-c7ccc8c(c7)c7ccccc7n8-c7ccccc7)c6)cc5c34)n2)cc1. The fourth-order valence-corrected chi connectivity index (χ4v) is 10.2. The number of hydrogen-bond donors (Lipinski definition) is 0. The van der Waals surface area contributed by atoms with Gasteiger partial charge in [0, 0.05) is 60.3 Å². The number of para-hydroxylation sites is 4. The quantitative estimate of drug-likeness (QED) is 0.159. The molecule has 0 unspecified atom stereocenters. The van der Waals surface area contributed by atoms with Crippen molar-refractivity contribution in [3.8, 4) is 73.2 Å². The summed E-state index contributed by atoms with van der Waals surface area (Å²) < 4.78 is 15.3. The molecule has 0 atom stereocenters. The molecule has 0 amide bonds. The van der Waals surface area contributed by atoms with E-state index in [-0.39, 0.29) is 0 Å². The van der Waals surface area contributed by atoms with Crippen LogP contribution >= 0.6 is 0 Å². The maximum atomic E-state index is 6.56. The first-order chi connectivity index (χ1) is 34.2. The van der Waals surface area contributed by atoms with E-state index in [0.717, 1.165) is 99.6 Å². The maximum Gasteiger partial charge on any atom is 0.164 e. The van der Waals surface area contributed by atoms with Gasteiger partial charge in [-0.15, -0.1) is 0 Å². The Hall–Kier alpha value is -9.39. The lowest BCUT2D eigenvalue weighted by Gasteiger charge is -2.10. The molecule has 0 spiro atoms. The second-order valence-electron chi connectivity index (χ2n) is 17.5. The zero-order chi connectivity index (χ0) is 45.4. The molecule has 4 heterocycles. The van der Waals surface area contributed by atoms with Crippen LogP contribution in [0, 0.1) is 0 Å². The van der Waals surface area contributed by atoms with E-state index >= 15 is 0 Å². The first-order valence-electron chi connectivity index (χ1n) is 23.2. The molecule has 0 radical (unpaired) electrons. The van der Waals surface area contributed by atoms with Gasteiger partial charge in [0.25, 0.3) is 0 Å². The van der Waals surface area contributed by atoms with Crippen molar-refractivity contribution in [1.29, 1.82) is 0 Å². The van der Waals surface area contributed by atoms with E-state index in [1.54, 1.807) is 0 Å². The van der Waals surface area contributed by atoms with E-state index in [2.05, 4.69) is 174 Å². The van der Waals surface area contributed by atoms with Gasteiger partial charge < -0.3 is 13.4 Å². The summed E-state index contributed by atoms with van der Waals surface area (Å²) >= 11 is 0. The summed E-state index contributed by atoms with van der Waals surface area (Å²) in [6.07, 6.45) is 0. The summed E-state index contributed by atoms with van der Waals surface area (Å²) in [5, 5.41) is 6.61. The molecule has 6 nitrogen and oxygen atoms in total. The Labute approximate surface area is 396 Å². The van der Waals surface area contributed by atoms with Gasteiger partial charge in [-0.2, -0.15) is 0 Å². The number of benzene rings is 10. The Kier molecular flexibility index (Phi) is 8.79. The van der Waals surface area contributed by atoms with Crippen molar-refractivity contribution >= 4 is 65.7 Å². The molecule has 4 aromatic heterocycles. The number of aromatic nitrogens is 4. The highest BCUT2D eigenvalue weighted by atomic mass is 16.3. The predicted molar refractivity (Wildman–Crippen MR) is 281 cm³/mol. The minimum Gasteiger partial charge on any atom is -0.456 e. The molecule has 0 saturated heterocycles. The summed E-state index contributed by atoms with van der Waals surface area (Å²) in [6.45, 7) is 0. The van der Waals surface area contributed by atoms with Gasteiger partial charge in [-0.25, -0.2) is 15.0 Å². The van der Waals surface area contributed by atoms with Crippen molar-refractivity contribution in [3.05, 3.63) is 231 Å². The van der Waals surface area contributed by atoms with Crippen LogP contribution < -0.4 is 0 Å². The van der Waals surface area contributed by atoms with Gasteiger partial charge in [0.1, 0.15) is 22.3 Å². The Bertz CT molecular complexity index is 4300. The molecule has 0 N–H and O–H groups in total. The van der Waals surface area contributed by atoms with Gasteiger partial charge in [0.05, 0.1) is 11.0 Å². The van der Waals surface area contributed by atoms with Gasteiger partial charge in [-0.3, -0.25) is 0 Å². The minimum atomic E-state index is 0.569. The molecule has 0 aliphatic heterocycles. The summed E-state index contributed by atoms with van der Waals surface area (Å²) in [7, 11) is 0. The summed E-state index contributed by atoms with van der Waals surface area (Å²) in [6, 6.07) is 80.5. The maximum absolute atomic E-state index is 6.56. The van der Waals surface area contributed by atoms with Crippen LogP contribution in [0.25, 0.3) is 139 Å². The lowest BCUT2D eigenvalue weighted by molar-refractivity contribution is 0.669. The third-order valence-corrected chi connectivity index (χ3v) is 13.5. The lowest BCUT2D eigenvalue weighted by atomic mass is 9.96. The molecule has 0 saturated carbocycles. The number of rotatable bonds is 7. The van der Waals surface area contributed by atoms with Crippen LogP contribution in [0.3, 0.4) is 0 Å². The third-order valence-electron chi connectivity index (χ3n) is 13.5. The monoisotopic (exact) mass is 882 g/mol. The second-order valence-corrected chi connectivity index (χ2v) is 17.5. The summed E-state index contributed by atoms with van der Waals surface area (Å²) in [5.74, 6) is 1.74. The lowest BCUT2D eigenvalue weighted by Crippen LogP contribution is -2.00. The van der Waals surface area contributed by atoms with Crippen molar-refractivity contribution in [3.63, 3.8) is 0 Å². The van der Waals surface area contributed by atoms with Gasteiger partial charge >= 0.3 is 0 Å². The van der Waals surface area contributed by atoms with Crippen LogP contribution in [-0.2, 0) is 0 Å². The fourth-order valence-electron chi connectivity index (χ4n) is 10.2. The van der Waals surface area contributed by atoms with Gasteiger partial charge in [0.2, 0.25) is 0 Å². The van der Waals surface area contributed by atoms with Crippen LogP contribution in [0.15, 0.2) is 239 Å². The Morgan fingerprint density at radius 1 is 0.290 bits per heavy atom. The van der Waals surface area contributed by atoms with E-state index in [4.69, 9.17) is 23.8 Å². The van der Waals surface area contributed by atoms with Gasteiger partial charge in [0.15, 0.2) is 17.5 Å². The Morgan fingerprint density at radius 3 is 1.62 bits per heavy atom. The van der Waals surface area contributed by atoms with Gasteiger partial charge in [-0.1, -0.05) is 170 Å². The number of nitrogens with zero attached hydrogens (tertiary/aromatic N) is 4. The van der Waals surface area contributed by atoms with E-state index in [9.17, 15) is 0 Å². The van der Waals surface area contributed by atoms with Crippen molar-refractivity contribution < 1.29 is 8.83 Å². The molecule has 0 aliphatic carbocycles. The van der Waals surface area contributed by atoms with E-state index < -0.39 is 0 Å². The standard InChI is InChI=1S/C63H38N4O2/c1-3-14-40(15-4-1)61-64-62(41-30-28-39(29-31-41)47-22-12-23-50-49-21-8-10-26-56(49)69-60(47)50)66-63(65-61)51-24-13-27-58-59(51)53-38-45(33-35-57(53)68-58)43-17-11-16-42(36-43)44-32-34-55-52(37-44)48-20-7-9-25-54(48)67(55)46-18-5-2-6-19-46/h1-38H. The number of hydrogen-bond acceptors (Lipinski definition) is 5. The second kappa shape index (κ2) is 15.6. The average Bonchev–Trinajstić information content (AvgIpc) is 4.11. The fraction of sp³-hybridized carbons (Fsp3) is 0. The van der Waals surface area contributed by atoms with Crippen LogP contribution in [0.4, 0.5) is 0 Å². The summed E-state index contributed by atoms with van der Waals surface area (Å²) in [5.41, 5.74) is 16.1. The van der Waals surface area contributed by atoms with Crippen molar-refractivity contribution in [2.75, 3.05) is 0 Å². The molecule has 0 bridgehead atoms. The molecule has 10 aromatic carbocycles. The van der Waals surface area contributed by atoms with Crippen LogP contribution in [0.1, 0.15) is 0 Å². The molecular weight excluding hydrogens is 845 g/mol. The Morgan fingerprint density at radius 2 is 0.812 bits per heavy atom. The van der Waals surface area contributed by atoms with Crippen molar-refractivity contribution in [1.82, 2.24) is 19.5 Å². The van der Waals surface area contributed by atoms with E-state index in [0.29, 0.717) is 17.5 Å². The van der Waals surface area contributed by atoms with Gasteiger partial charge in [-0.05, 0) is 88.5 Å². The van der Waals surface area contributed by atoms with E-state index in [1.165, 1.54) is 21.8 Å². The zero-order valence-electron chi connectivity index (χ0n) is 37.0. The first-order valence-corrected chi connectivity index (χ1v) is 23.2. The van der Waals surface area contributed by atoms with E-state index in [1.807, 2.05) is 60.7 Å². The van der Waals surface area contributed by atoms with Crippen LogP contribution in [0.2, 0.25) is 0 Å². The molecule has 0 fully saturated rings. The van der Waals surface area contributed by atoms with Crippen molar-refractivity contribution in [2.24, 2.45) is 0 Å². The minimum absolute atomic E-state index is 0.569. The molecule has 69 heavy (non-hydrogen) atoms. The Balaban J connectivity index is 0.861. The molecule has 6 heteroatoms. The normalized spacial score (nSPS) is 11.8. The highest BCUT2D eigenvalue weighted by molar-refractivity contribution is 6.14. The number of furan rings is 2. The molecular formula is C63H38N4O2. The topological polar surface area (TPSA) is 69.9 Å². The predicted octanol–water partition coefficient (Wildman–Crippen LogP) is 16.8. The van der Waals surface area contributed by atoms with Crippen LogP contribution in [-0.4, -0.2) is 19.5 Å². The molecule has 0 aliphatic rings. The average molecular weight is 883 g/mol. The molecule has 322 valence electrons. The largest absolute Gasteiger partial charge is 0.456 e.